The first kappa shape index (κ1) is 26.6. The number of hydrogen-bond donors (Lipinski definition) is 2. The predicted molar refractivity (Wildman–Crippen MR) is 141 cm³/mol. The van der Waals surface area contributed by atoms with Crippen molar-refractivity contribution in [3.8, 4) is 16.9 Å². The Morgan fingerprint density at radius 1 is 1.00 bits per heavy atom. The standard InChI is InChI=1S/C28H31FN2O5S/c1-27(2)28(3,21-13-9-19(10-14-21)20-11-15-22(35-4)16-12-20)37(33,34)31-26(36-27)30-25(17-18-32)23-7-5-6-8-24(23)29/h5-16,25,32H,17-18H2,1-4H3,(H,30,31). The van der Waals surface area contributed by atoms with Crippen LogP contribution < -0.4 is 9.46 Å². The summed E-state index contributed by atoms with van der Waals surface area (Å²) in [4.78, 5) is 4.37. The number of aliphatic hydroxyl groups excluding tert-OH is 1. The number of aliphatic hydroxyl groups is 1. The van der Waals surface area contributed by atoms with Gasteiger partial charge in [0.15, 0.2) is 4.75 Å². The molecule has 4 rings (SSSR count). The fraction of sp³-hybridized carbons (Fsp3) is 0.321. The number of rotatable bonds is 7. The Bertz CT molecular complexity index is 1390. The zero-order chi connectivity index (χ0) is 26.8. The highest BCUT2D eigenvalue weighted by Gasteiger charge is 2.59. The summed E-state index contributed by atoms with van der Waals surface area (Å²) in [6.07, 6.45) is 0.0973. The van der Waals surface area contributed by atoms with Crippen LogP contribution in [0.3, 0.4) is 0 Å². The number of amidine groups is 1. The van der Waals surface area contributed by atoms with E-state index in [0.29, 0.717) is 5.56 Å². The Morgan fingerprint density at radius 3 is 2.14 bits per heavy atom. The van der Waals surface area contributed by atoms with Gasteiger partial charge < -0.3 is 14.6 Å². The van der Waals surface area contributed by atoms with Crippen molar-refractivity contribution in [3.05, 3.63) is 89.7 Å². The van der Waals surface area contributed by atoms with Gasteiger partial charge in [0.2, 0.25) is 10.0 Å². The van der Waals surface area contributed by atoms with E-state index in [1.165, 1.54) is 6.07 Å². The predicted octanol–water partition coefficient (Wildman–Crippen LogP) is 4.92. The lowest BCUT2D eigenvalue weighted by atomic mass is 9.84. The van der Waals surface area contributed by atoms with E-state index in [4.69, 9.17) is 9.47 Å². The van der Waals surface area contributed by atoms with E-state index in [1.54, 1.807) is 58.2 Å². The van der Waals surface area contributed by atoms with E-state index in [9.17, 15) is 17.9 Å². The molecular weight excluding hydrogens is 495 g/mol. The third kappa shape index (κ3) is 4.93. The van der Waals surface area contributed by atoms with Crippen LogP contribution in [0.15, 0.2) is 77.8 Å². The smallest absolute Gasteiger partial charge is 0.299 e. The van der Waals surface area contributed by atoms with Gasteiger partial charge in [0, 0.05) is 12.2 Å². The molecule has 0 saturated carbocycles. The summed E-state index contributed by atoms with van der Waals surface area (Å²) in [7, 11) is -2.44. The molecule has 37 heavy (non-hydrogen) atoms. The molecule has 2 atom stereocenters. The average molecular weight is 527 g/mol. The van der Waals surface area contributed by atoms with Crippen LogP contribution in [0.4, 0.5) is 4.39 Å². The number of nitrogens with zero attached hydrogens (tertiary/aromatic N) is 1. The van der Waals surface area contributed by atoms with Gasteiger partial charge in [0.05, 0.1) is 13.2 Å². The van der Waals surface area contributed by atoms with Crippen LogP contribution in [0.5, 0.6) is 5.75 Å². The number of hydrogen-bond acceptors (Lipinski definition) is 6. The van der Waals surface area contributed by atoms with Gasteiger partial charge in [-0.1, -0.05) is 54.6 Å². The number of halogens is 1. The lowest BCUT2D eigenvalue weighted by molar-refractivity contribution is 0.0381. The minimum atomic E-state index is -4.05. The zero-order valence-electron chi connectivity index (χ0n) is 21.2. The first-order chi connectivity index (χ1) is 17.5. The molecule has 3 aromatic rings. The highest BCUT2D eigenvalue weighted by atomic mass is 32.2. The second-order valence-electron chi connectivity index (χ2n) is 9.54. The maximum Gasteiger partial charge on any atom is 0.299 e. The molecule has 1 heterocycles. The van der Waals surface area contributed by atoms with Crippen molar-refractivity contribution in [1.29, 1.82) is 0 Å². The van der Waals surface area contributed by atoms with Gasteiger partial charge in [0.25, 0.3) is 6.02 Å². The number of benzene rings is 3. The molecule has 0 aliphatic carbocycles. The molecule has 1 aliphatic rings. The van der Waals surface area contributed by atoms with Crippen molar-refractivity contribution in [3.63, 3.8) is 0 Å². The van der Waals surface area contributed by atoms with Crippen molar-refractivity contribution >= 4 is 16.0 Å². The summed E-state index contributed by atoms with van der Waals surface area (Å²) in [6.45, 7) is 4.71. The van der Waals surface area contributed by atoms with E-state index in [0.717, 1.165) is 16.9 Å². The summed E-state index contributed by atoms with van der Waals surface area (Å²) in [5.41, 5.74) is 1.44. The van der Waals surface area contributed by atoms with Crippen molar-refractivity contribution < 1.29 is 27.4 Å². The van der Waals surface area contributed by atoms with Crippen molar-refractivity contribution in [2.24, 2.45) is 4.99 Å². The summed E-state index contributed by atoms with van der Waals surface area (Å²) in [5, 5.41) is 9.51. The van der Waals surface area contributed by atoms with E-state index in [-0.39, 0.29) is 24.6 Å². The van der Waals surface area contributed by atoms with Crippen molar-refractivity contribution in [1.82, 2.24) is 4.72 Å². The Balaban J connectivity index is 1.67. The monoisotopic (exact) mass is 526 g/mol. The molecule has 2 N–H and O–H groups in total. The maximum atomic E-state index is 14.4. The molecule has 196 valence electrons. The number of sulfonamides is 1. The van der Waals surface area contributed by atoms with Gasteiger partial charge in [-0.15, -0.1) is 0 Å². The van der Waals surface area contributed by atoms with E-state index in [2.05, 4.69) is 9.71 Å². The molecule has 0 radical (unpaired) electrons. The number of nitrogens with one attached hydrogen (secondary N) is 1. The summed E-state index contributed by atoms with van der Waals surface area (Å²) < 4.78 is 54.1. The lowest BCUT2D eigenvalue weighted by Gasteiger charge is -2.47. The third-order valence-corrected chi connectivity index (χ3v) is 9.30. The normalized spacial score (nSPS) is 22.1. The molecule has 7 nitrogen and oxygen atoms in total. The van der Waals surface area contributed by atoms with Gasteiger partial charge in [-0.2, -0.15) is 0 Å². The van der Waals surface area contributed by atoms with Crippen LogP contribution in [0.1, 0.15) is 44.4 Å². The lowest BCUT2D eigenvalue weighted by Crippen LogP contribution is -2.63. The minimum Gasteiger partial charge on any atom is -0.497 e. The molecule has 0 bridgehead atoms. The zero-order valence-corrected chi connectivity index (χ0v) is 22.0. The first-order valence-electron chi connectivity index (χ1n) is 11.9. The van der Waals surface area contributed by atoms with Gasteiger partial charge in [-0.05, 0) is 62.1 Å². The van der Waals surface area contributed by atoms with Crippen LogP contribution in [-0.2, 0) is 19.5 Å². The molecule has 9 heteroatoms. The molecular formula is C28H31FN2O5S. The van der Waals surface area contributed by atoms with Gasteiger partial charge in [0.1, 0.15) is 17.2 Å². The number of ether oxygens (including phenoxy) is 2. The number of methoxy groups -OCH3 is 1. The fourth-order valence-electron chi connectivity index (χ4n) is 4.52. The summed E-state index contributed by atoms with van der Waals surface area (Å²) >= 11 is 0. The van der Waals surface area contributed by atoms with Gasteiger partial charge >= 0.3 is 0 Å². The van der Waals surface area contributed by atoms with E-state index in [1.807, 2.05) is 36.4 Å². The first-order valence-corrected chi connectivity index (χ1v) is 13.4. The fourth-order valence-corrected chi connectivity index (χ4v) is 6.18. The number of aliphatic imine (C=N–C) groups is 1. The quantitative estimate of drug-likeness (QED) is 0.455. The molecule has 0 aromatic heterocycles. The van der Waals surface area contributed by atoms with Crippen LogP contribution in [0.25, 0.3) is 11.1 Å². The van der Waals surface area contributed by atoms with Crippen LogP contribution in [-0.4, -0.2) is 38.9 Å². The van der Waals surface area contributed by atoms with E-state index < -0.39 is 32.2 Å². The van der Waals surface area contributed by atoms with Crippen LogP contribution >= 0.6 is 0 Å². The second-order valence-corrected chi connectivity index (χ2v) is 11.6. The highest BCUT2D eigenvalue weighted by molar-refractivity contribution is 7.91. The molecule has 1 aliphatic heterocycles. The Hall–Kier alpha value is -3.43. The molecule has 1 saturated heterocycles. The summed E-state index contributed by atoms with van der Waals surface area (Å²) in [5.74, 6) is 0.255. The molecule has 1 fully saturated rings. The molecule has 2 unspecified atom stereocenters. The third-order valence-electron chi connectivity index (χ3n) is 7.06. The maximum absolute atomic E-state index is 14.4. The highest BCUT2D eigenvalue weighted by Crippen LogP contribution is 2.45. The van der Waals surface area contributed by atoms with Gasteiger partial charge in [-0.25, -0.2) is 22.5 Å². The minimum absolute atomic E-state index is 0.0973. The second kappa shape index (κ2) is 10.1. The van der Waals surface area contributed by atoms with Crippen molar-refractivity contribution in [2.45, 2.75) is 43.6 Å². The molecule has 0 spiro atoms. The topological polar surface area (TPSA) is 97.2 Å². The Morgan fingerprint density at radius 2 is 1.59 bits per heavy atom. The molecule has 3 aromatic carbocycles. The molecule has 0 amide bonds. The van der Waals surface area contributed by atoms with Crippen LogP contribution in [0.2, 0.25) is 0 Å². The average Bonchev–Trinajstić information content (AvgIpc) is 2.87. The SMILES string of the molecule is COc1ccc(-c2ccc(C3(C)C(C)(C)OC(=NC(CCO)c4ccccc4F)NS3(=O)=O)cc2)cc1. The Kier molecular flexibility index (Phi) is 7.30. The largest absolute Gasteiger partial charge is 0.497 e. The summed E-state index contributed by atoms with van der Waals surface area (Å²) in [6, 6.07) is 19.9. The van der Waals surface area contributed by atoms with Crippen molar-refractivity contribution in [2.75, 3.05) is 13.7 Å². The van der Waals surface area contributed by atoms with Gasteiger partial charge in [-0.3, -0.25) is 0 Å². The van der Waals surface area contributed by atoms with Crippen LogP contribution in [0, 0.1) is 5.82 Å². The van der Waals surface area contributed by atoms with E-state index >= 15 is 0 Å². The Labute approximate surface area is 217 Å².